The second kappa shape index (κ2) is 39.6. The van der Waals surface area contributed by atoms with Crippen molar-refractivity contribution in [1.29, 1.82) is 0 Å². The summed E-state index contributed by atoms with van der Waals surface area (Å²) in [5.41, 5.74) is 0. The molecule has 0 amide bonds. The average Bonchev–Trinajstić information content (AvgIpc) is 3.13. The van der Waals surface area contributed by atoms with Gasteiger partial charge in [-0.25, -0.2) is 0 Å². The van der Waals surface area contributed by atoms with Gasteiger partial charge in [-0.3, -0.25) is 9.36 Å². The van der Waals surface area contributed by atoms with Crippen LogP contribution in [0.2, 0.25) is 0 Å². The fourth-order valence-electron chi connectivity index (χ4n) is 6.61. The SMILES string of the molecule is C=CCCCCCCCCCCCCCCCC(=O)O[C@H](CO/C=C/CCCCCCCCCCCCCCCCCC)COP(=O)([O-])OCC[N+](C)(C)C. The van der Waals surface area contributed by atoms with Crippen molar-refractivity contribution in [2.75, 3.05) is 47.5 Å². The number of unbranched alkanes of at least 4 members (excludes halogenated alkanes) is 29. The Hall–Kier alpha value is -1.18. The van der Waals surface area contributed by atoms with Gasteiger partial charge in [-0.05, 0) is 38.2 Å². The molecule has 0 aliphatic rings. The summed E-state index contributed by atoms with van der Waals surface area (Å²) >= 11 is 0. The van der Waals surface area contributed by atoms with E-state index in [0.29, 0.717) is 17.4 Å². The molecule has 0 N–H and O–H groups in total. The maximum atomic E-state index is 12.7. The molecule has 0 bridgehead atoms. The molecule has 0 aliphatic carbocycles. The zero-order chi connectivity index (χ0) is 40.6. The molecule has 0 saturated heterocycles. The van der Waals surface area contributed by atoms with E-state index < -0.39 is 13.9 Å². The van der Waals surface area contributed by atoms with Gasteiger partial charge in [0.2, 0.25) is 0 Å². The zero-order valence-corrected chi connectivity index (χ0v) is 37.6. The summed E-state index contributed by atoms with van der Waals surface area (Å²) in [6.45, 7) is 6.28. The molecule has 0 aromatic heterocycles. The van der Waals surface area contributed by atoms with Crippen molar-refractivity contribution in [3.63, 3.8) is 0 Å². The van der Waals surface area contributed by atoms with Crippen LogP contribution in [-0.2, 0) is 27.9 Å². The highest BCUT2D eigenvalue weighted by atomic mass is 31.2. The second-order valence-electron chi connectivity index (χ2n) is 16.9. The van der Waals surface area contributed by atoms with Crippen molar-refractivity contribution in [2.24, 2.45) is 0 Å². The molecule has 0 aromatic carbocycles. The van der Waals surface area contributed by atoms with Gasteiger partial charge in [0.15, 0.2) is 6.10 Å². The maximum absolute atomic E-state index is 12.7. The molecule has 8 nitrogen and oxygen atoms in total. The summed E-state index contributed by atoms with van der Waals surface area (Å²) in [7, 11) is 1.33. The van der Waals surface area contributed by atoms with E-state index in [1.54, 1.807) is 6.26 Å². The molecule has 2 atom stereocenters. The van der Waals surface area contributed by atoms with Gasteiger partial charge in [-0.1, -0.05) is 180 Å². The molecular weight excluding hydrogens is 709 g/mol. The molecule has 0 saturated carbocycles. The molecule has 0 heterocycles. The highest BCUT2D eigenvalue weighted by Crippen LogP contribution is 2.38. The number of phosphoric acid groups is 1. The van der Waals surface area contributed by atoms with E-state index in [1.165, 1.54) is 161 Å². The summed E-state index contributed by atoms with van der Waals surface area (Å²) in [5, 5.41) is 0. The van der Waals surface area contributed by atoms with Crippen LogP contribution in [0.1, 0.15) is 212 Å². The Bertz CT molecular complexity index is 922. The first-order valence-electron chi connectivity index (χ1n) is 23.1. The Morgan fingerprint density at radius 2 is 1.04 bits per heavy atom. The highest BCUT2D eigenvalue weighted by molar-refractivity contribution is 7.45. The third-order valence-electron chi connectivity index (χ3n) is 10.2. The molecule has 0 fully saturated rings. The van der Waals surface area contributed by atoms with E-state index in [9.17, 15) is 14.3 Å². The number of hydrogen-bond acceptors (Lipinski definition) is 7. The molecule has 0 radical (unpaired) electrons. The number of allylic oxidation sites excluding steroid dienone is 2. The van der Waals surface area contributed by atoms with Gasteiger partial charge in [0.05, 0.1) is 34.0 Å². The summed E-state index contributed by atoms with van der Waals surface area (Å²) in [6, 6.07) is 0. The molecule has 0 spiro atoms. The van der Waals surface area contributed by atoms with Crippen LogP contribution in [0.3, 0.4) is 0 Å². The van der Waals surface area contributed by atoms with Crippen LogP contribution in [0.4, 0.5) is 0 Å². The van der Waals surface area contributed by atoms with E-state index in [1.807, 2.05) is 33.3 Å². The molecule has 0 aromatic rings. The zero-order valence-electron chi connectivity index (χ0n) is 36.7. The Morgan fingerprint density at radius 1 is 0.618 bits per heavy atom. The number of phosphoric ester groups is 1. The number of carbonyl (C=O) groups is 1. The van der Waals surface area contributed by atoms with Crippen molar-refractivity contribution in [2.45, 2.75) is 218 Å². The third-order valence-corrected chi connectivity index (χ3v) is 11.2. The van der Waals surface area contributed by atoms with Crippen molar-refractivity contribution in [3.05, 3.63) is 25.0 Å². The van der Waals surface area contributed by atoms with Gasteiger partial charge >= 0.3 is 5.97 Å². The summed E-state index contributed by atoms with van der Waals surface area (Å²) < 4.78 is 34.4. The first-order valence-corrected chi connectivity index (χ1v) is 24.5. The first-order chi connectivity index (χ1) is 26.6. The average molecular weight is 800 g/mol. The predicted octanol–water partition coefficient (Wildman–Crippen LogP) is 13.3. The van der Waals surface area contributed by atoms with Crippen molar-refractivity contribution < 1.29 is 37.3 Å². The van der Waals surface area contributed by atoms with Crippen LogP contribution >= 0.6 is 7.82 Å². The highest BCUT2D eigenvalue weighted by Gasteiger charge is 2.20. The van der Waals surface area contributed by atoms with Gasteiger partial charge in [0.1, 0.15) is 19.8 Å². The van der Waals surface area contributed by atoms with E-state index in [0.717, 1.165) is 38.5 Å². The Kier molecular flexibility index (Phi) is 38.8. The quantitative estimate of drug-likeness (QED) is 0.0151. The fraction of sp³-hybridized carbons (Fsp3) is 0.891. The number of esters is 1. The summed E-state index contributed by atoms with van der Waals surface area (Å²) in [4.78, 5) is 25.0. The number of ether oxygens (including phenoxy) is 2. The van der Waals surface area contributed by atoms with Gasteiger partial charge in [-0.15, -0.1) is 6.58 Å². The molecule has 1 unspecified atom stereocenters. The molecule has 0 aliphatic heterocycles. The molecule has 0 rings (SSSR count). The minimum absolute atomic E-state index is 0.0179. The van der Waals surface area contributed by atoms with Gasteiger partial charge in [-0.2, -0.15) is 0 Å². The van der Waals surface area contributed by atoms with Gasteiger partial charge < -0.3 is 27.9 Å². The Morgan fingerprint density at radius 3 is 1.47 bits per heavy atom. The van der Waals surface area contributed by atoms with Gasteiger partial charge in [0, 0.05) is 6.42 Å². The fourth-order valence-corrected chi connectivity index (χ4v) is 7.34. The monoisotopic (exact) mass is 800 g/mol. The van der Waals surface area contributed by atoms with Gasteiger partial charge in [0.25, 0.3) is 7.82 Å². The smallest absolute Gasteiger partial charge is 0.306 e. The number of carbonyl (C=O) groups excluding carboxylic acids is 1. The lowest BCUT2D eigenvalue weighted by molar-refractivity contribution is -0.870. The number of likely N-dealkylation sites (N-methyl/N-ethyl adjacent to an activating group) is 1. The van der Waals surface area contributed by atoms with Crippen LogP contribution in [0.25, 0.3) is 0 Å². The molecule has 55 heavy (non-hydrogen) atoms. The van der Waals surface area contributed by atoms with Crippen molar-refractivity contribution >= 4 is 13.8 Å². The number of rotatable bonds is 44. The normalized spacial score (nSPS) is 13.6. The van der Waals surface area contributed by atoms with Crippen LogP contribution < -0.4 is 4.89 Å². The van der Waals surface area contributed by atoms with E-state index in [4.69, 9.17) is 18.5 Å². The molecular formula is C46H90NO7P. The standard InChI is InChI=1S/C46H90NO7P/c1-6-8-10-12-14-16-18-20-22-23-24-26-28-30-32-34-36-38-41-51-43-45(44-53-55(49,50)52-42-40-47(3,4)5)54-46(48)39-37-35-33-31-29-27-25-21-19-17-15-13-11-9-7-2/h7,38,41,45H,2,6,8-37,39-40,42-44H2,1,3-5H3/b41-38+/t45-/m1/s1. The maximum Gasteiger partial charge on any atom is 0.306 e. The van der Waals surface area contributed by atoms with Crippen molar-refractivity contribution in [3.8, 4) is 0 Å². The van der Waals surface area contributed by atoms with Crippen LogP contribution in [0, 0.1) is 0 Å². The van der Waals surface area contributed by atoms with Crippen molar-refractivity contribution in [1.82, 2.24) is 0 Å². The predicted molar refractivity (Wildman–Crippen MR) is 231 cm³/mol. The molecule has 9 heteroatoms. The first kappa shape index (κ1) is 53.8. The summed E-state index contributed by atoms with van der Waals surface area (Å²) in [5.74, 6) is -0.356. The van der Waals surface area contributed by atoms with E-state index >= 15 is 0 Å². The Balaban J connectivity index is 4.21. The summed E-state index contributed by atoms with van der Waals surface area (Å²) in [6.07, 6.45) is 44.6. The minimum Gasteiger partial charge on any atom is -0.756 e. The largest absolute Gasteiger partial charge is 0.756 e. The second-order valence-corrected chi connectivity index (χ2v) is 18.3. The number of quaternary nitrogens is 1. The Labute approximate surface area is 341 Å². The lowest BCUT2D eigenvalue weighted by atomic mass is 10.0. The topological polar surface area (TPSA) is 94.1 Å². The lowest BCUT2D eigenvalue weighted by Crippen LogP contribution is -2.37. The van der Waals surface area contributed by atoms with Crippen LogP contribution in [-0.4, -0.2) is 64.1 Å². The number of nitrogens with zero attached hydrogens (tertiary/aromatic N) is 1. The van der Waals surface area contributed by atoms with Crippen LogP contribution in [0.15, 0.2) is 25.0 Å². The van der Waals surface area contributed by atoms with E-state index in [2.05, 4.69) is 13.5 Å². The lowest BCUT2D eigenvalue weighted by Gasteiger charge is -2.28. The molecule has 326 valence electrons. The third kappa shape index (κ3) is 43.8. The van der Waals surface area contributed by atoms with Crippen LogP contribution in [0.5, 0.6) is 0 Å². The minimum atomic E-state index is -4.54. The van der Waals surface area contributed by atoms with E-state index in [-0.39, 0.29) is 25.8 Å². The number of hydrogen-bond donors (Lipinski definition) is 0.